The smallest absolute Gasteiger partial charge is 0.123 e. The molecule has 0 amide bonds. The Bertz CT molecular complexity index is 546. The maximum Gasteiger partial charge on any atom is 0.123 e. The van der Waals surface area contributed by atoms with E-state index >= 15 is 0 Å². The summed E-state index contributed by atoms with van der Waals surface area (Å²) in [5.41, 5.74) is 1.28. The van der Waals surface area contributed by atoms with Crippen molar-refractivity contribution in [2.24, 2.45) is 0 Å². The van der Waals surface area contributed by atoms with Crippen molar-refractivity contribution in [1.29, 1.82) is 0 Å². The fourth-order valence-corrected chi connectivity index (χ4v) is 2.70. The number of benzene rings is 2. The van der Waals surface area contributed by atoms with Gasteiger partial charge in [-0.15, -0.1) is 12.4 Å². The van der Waals surface area contributed by atoms with Gasteiger partial charge in [0.2, 0.25) is 0 Å². The minimum absolute atomic E-state index is 0. The molecule has 1 fully saturated rings. The molecule has 1 aliphatic heterocycles. The van der Waals surface area contributed by atoms with Crippen LogP contribution in [-0.2, 0) is 0 Å². The molecule has 4 heteroatoms. The molecule has 2 atom stereocenters. The first-order chi connectivity index (χ1) is 9.83. The third-order valence-electron chi connectivity index (χ3n) is 3.75. The number of piperidine rings is 1. The first-order valence-corrected chi connectivity index (χ1v) is 7.01. The van der Waals surface area contributed by atoms with Crippen LogP contribution in [0.3, 0.4) is 0 Å². The van der Waals surface area contributed by atoms with Gasteiger partial charge < -0.3 is 10.1 Å². The molecular formula is C17H19ClFNO. The lowest BCUT2D eigenvalue weighted by Crippen LogP contribution is -2.41. The molecule has 0 aliphatic carbocycles. The van der Waals surface area contributed by atoms with E-state index in [9.17, 15) is 4.39 Å². The Kier molecular flexibility index (Phi) is 5.59. The number of ether oxygens (including phenoxy) is 1. The first-order valence-electron chi connectivity index (χ1n) is 7.01. The van der Waals surface area contributed by atoms with Crippen molar-refractivity contribution < 1.29 is 9.13 Å². The zero-order valence-corrected chi connectivity index (χ0v) is 12.5. The van der Waals surface area contributed by atoms with Crippen molar-refractivity contribution >= 4 is 12.4 Å². The number of rotatable bonds is 3. The monoisotopic (exact) mass is 307 g/mol. The van der Waals surface area contributed by atoms with Crippen LogP contribution < -0.4 is 10.1 Å². The SMILES string of the molecule is Cl.Fc1ccc(O[C@H]2CCNC[C@H]2c2ccccc2)cc1. The van der Waals surface area contributed by atoms with E-state index in [1.165, 1.54) is 17.7 Å². The number of halogens is 2. The quantitative estimate of drug-likeness (QED) is 0.932. The molecule has 0 unspecified atom stereocenters. The third-order valence-corrected chi connectivity index (χ3v) is 3.75. The Morgan fingerprint density at radius 1 is 1.00 bits per heavy atom. The first kappa shape index (κ1) is 15.8. The standard InChI is InChI=1S/C17H18FNO.ClH/c18-14-6-8-15(9-7-14)20-17-10-11-19-12-16(17)13-4-2-1-3-5-13;/h1-9,16-17,19H,10-12H2;1H/t16-,17-;/m0./s1. The molecule has 0 bridgehead atoms. The van der Waals surface area contributed by atoms with Crippen LogP contribution in [0, 0.1) is 5.82 Å². The maximum absolute atomic E-state index is 12.9. The molecule has 1 aliphatic rings. The van der Waals surface area contributed by atoms with Gasteiger partial charge in [-0.2, -0.15) is 0 Å². The fourth-order valence-electron chi connectivity index (χ4n) is 2.70. The summed E-state index contributed by atoms with van der Waals surface area (Å²) in [6, 6.07) is 16.7. The van der Waals surface area contributed by atoms with Crippen molar-refractivity contribution in [3.8, 4) is 5.75 Å². The molecule has 2 aromatic carbocycles. The van der Waals surface area contributed by atoms with Crippen LogP contribution in [0.25, 0.3) is 0 Å². The maximum atomic E-state index is 12.9. The largest absolute Gasteiger partial charge is 0.490 e. The van der Waals surface area contributed by atoms with E-state index < -0.39 is 0 Å². The lowest BCUT2D eigenvalue weighted by Gasteiger charge is -2.32. The van der Waals surface area contributed by atoms with Crippen LogP contribution in [-0.4, -0.2) is 19.2 Å². The summed E-state index contributed by atoms with van der Waals surface area (Å²) >= 11 is 0. The van der Waals surface area contributed by atoms with Gasteiger partial charge in [-0.3, -0.25) is 0 Å². The zero-order chi connectivity index (χ0) is 13.8. The highest BCUT2D eigenvalue weighted by Crippen LogP contribution is 2.27. The lowest BCUT2D eigenvalue weighted by molar-refractivity contribution is 0.138. The van der Waals surface area contributed by atoms with E-state index in [2.05, 4.69) is 29.6 Å². The number of nitrogens with one attached hydrogen (secondary N) is 1. The van der Waals surface area contributed by atoms with E-state index in [4.69, 9.17) is 4.74 Å². The molecule has 1 saturated heterocycles. The second-order valence-electron chi connectivity index (χ2n) is 5.12. The van der Waals surface area contributed by atoms with Gasteiger partial charge in [0.15, 0.2) is 0 Å². The molecule has 3 rings (SSSR count). The van der Waals surface area contributed by atoms with Gasteiger partial charge in [-0.1, -0.05) is 30.3 Å². The second kappa shape index (κ2) is 7.43. The minimum atomic E-state index is -0.234. The Labute approximate surface area is 130 Å². The van der Waals surface area contributed by atoms with Gasteiger partial charge in [-0.25, -0.2) is 4.39 Å². The predicted molar refractivity (Wildman–Crippen MR) is 84.7 cm³/mol. The molecule has 2 nitrogen and oxygen atoms in total. The summed E-state index contributed by atoms with van der Waals surface area (Å²) in [4.78, 5) is 0. The summed E-state index contributed by atoms with van der Waals surface area (Å²) in [5.74, 6) is 0.830. The summed E-state index contributed by atoms with van der Waals surface area (Å²) in [6.07, 6.45) is 1.08. The van der Waals surface area contributed by atoms with E-state index in [0.29, 0.717) is 5.92 Å². The lowest BCUT2D eigenvalue weighted by atomic mass is 9.89. The van der Waals surface area contributed by atoms with Crippen LogP contribution in [0.5, 0.6) is 5.75 Å². The van der Waals surface area contributed by atoms with Gasteiger partial charge in [0.1, 0.15) is 17.7 Å². The van der Waals surface area contributed by atoms with Gasteiger partial charge in [0.25, 0.3) is 0 Å². The second-order valence-corrected chi connectivity index (χ2v) is 5.12. The van der Waals surface area contributed by atoms with Gasteiger partial charge in [-0.05, 0) is 42.8 Å². The molecule has 1 N–H and O–H groups in total. The van der Waals surface area contributed by atoms with Crippen LogP contribution >= 0.6 is 12.4 Å². The Hall–Kier alpha value is -1.58. The van der Waals surface area contributed by atoms with Gasteiger partial charge in [0.05, 0.1) is 0 Å². The Morgan fingerprint density at radius 3 is 2.43 bits per heavy atom. The van der Waals surface area contributed by atoms with Gasteiger partial charge in [0, 0.05) is 12.5 Å². The zero-order valence-electron chi connectivity index (χ0n) is 11.7. The molecule has 1 heterocycles. The highest BCUT2D eigenvalue weighted by atomic mass is 35.5. The summed E-state index contributed by atoms with van der Waals surface area (Å²) in [5, 5.41) is 3.42. The summed E-state index contributed by atoms with van der Waals surface area (Å²) in [6.45, 7) is 1.87. The molecule has 0 saturated carbocycles. The molecule has 112 valence electrons. The van der Waals surface area contributed by atoms with Crippen molar-refractivity contribution in [2.75, 3.05) is 13.1 Å². The molecule has 2 aromatic rings. The summed E-state index contributed by atoms with van der Waals surface area (Å²) < 4.78 is 19.0. The van der Waals surface area contributed by atoms with Crippen molar-refractivity contribution in [2.45, 2.75) is 18.4 Å². The molecule has 0 spiro atoms. The molecule has 0 radical (unpaired) electrons. The van der Waals surface area contributed by atoms with E-state index in [1.807, 2.05) is 6.07 Å². The van der Waals surface area contributed by atoms with Crippen molar-refractivity contribution in [3.63, 3.8) is 0 Å². The number of hydrogen-bond acceptors (Lipinski definition) is 2. The third kappa shape index (κ3) is 3.96. The predicted octanol–water partition coefficient (Wildman–Crippen LogP) is 3.77. The van der Waals surface area contributed by atoms with Crippen LogP contribution in [0.4, 0.5) is 4.39 Å². The van der Waals surface area contributed by atoms with E-state index in [0.717, 1.165) is 25.3 Å². The highest BCUT2D eigenvalue weighted by molar-refractivity contribution is 5.85. The van der Waals surface area contributed by atoms with Gasteiger partial charge >= 0.3 is 0 Å². The highest BCUT2D eigenvalue weighted by Gasteiger charge is 2.27. The van der Waals surface area contributed by atoms with Crippen LogP contribution in [0.1, 0.15) is 17.9 Å². The van der Waals surface area contributed by atoms with Crippen LogP contribution in [0.15, 0.2) is 54.6 Å². The Balaban J connectivity index is 0.00000161. The molecular weight excluding hydrogens is 289 g/mol. The van der Waals surface area contributed by atoms with E-state index in [1.54, 1.807) is 12.1 Å². The average Bonchev–Trinajstić information content (AvgIpc) is 2.51. The van der Waals surface area contributed by atoms with Crippen molar-refractivity contribution in [1.82, 2.24) is 5.32 Å². The topological polar surface area (TPSA) is 21.3 Å². The minimum Gasteiger partial charge on any atom is -0.490 e. The van der Waals surface area contributed by atoms with Crippen molar-refractivity contribution in [3.05, 3.63) is 66.0 Å². The summed E-state index contributed by atoms with van der Waals surface area (Å²) in [7, 11) is 0. The van der Waals surface area contributed by atoms with Crippen LogP contribution in [0.2, 0.25) is 0 Å². The van der Waals surface area contributed by atoms with E-state index in [-0.39, 0.29) is 24.3 Å². The fraction of sp³-hybridized carbons (Fsp3) is 0.294. The molecule has 21 heavy (non-hydrogen) atoms. The Morgan fingerprint density at radius 2 is 1.71 bits per heavy atom. The number of hydrogen-bond donors (Lipinski definition) is 1. The normalized spacial score (nSPS) is 21.4. The average molecular weight is 308 g/mol. The molecule has 0 aromatic heterocycles.